The normalized spacial score (nSPS) is 23.5. The number of nitrogens with zero attached hydrogens (tertiary/aromatic N) is 2. The Morgan fingerprint density at radius 1 is 0.780 bits per heavy atom. The van der Waals surface area contributed by atoms with Gasteiger partial charge in [0.1, 0.15) is 23.7 Å². The number of hydrogen-bond acceptors (Lipinski definition) is 7. The number of fused-ring (bicyclic) bond motifs is 4. The number of aromatic amines is 2. The zero-order valence-corrected chi connectivity index (χ0v) is 34.8. The summed E-state index contributed by atoms with van der Waals surface area (Å²) in [5.41, 5.74) is 4.09. The number of nitrogens with one attached hydrogen (secondary N) is 6. The van der Waals surface area contributed by atoms with Crippen molar-refractivity contribution in [1.29, 1.82) is 0 Å². The molecule has 0 unspecified atom stereocenters. The summed E-state index contributed by atoms with van der Waals surface area (Å²) in [5.74, 6) is -1.57. The number of halogens is 2. The maximum absolute atomic E-state index is 14.9. The predicted octanol–water partition coefficient (Wildman–Crippen LogP) is 4.03. The van der Waals surface area contributed by atoms with Gasteiger partial charge >= 0.3 is 0 Å². The van der Waals surface area contributed by atoms with Crippen molar-refractivity contribution >= 4 is 45.4 Å². The number of aliphatic hydroxyl groups excluding tert-OH is 1. The van der Waals surface area contributed by atoms with Gasteiger partial charge in [-0.05, 0) is 133 Å². The molecule has 13 nitrogen and oxygen atoms in total. The Hall–Kier alpha value is -4.86. The number of likely N-dealkylation sites (tertiary alicyclic amines) is 2. The van der Waals surface area contributed by atoms with Gasteiger partial charge < -0.3 is 46.1 Å². The van der Waals surface area contributed by atoms with Crippen molar-refractivity contribution in [3.63, 3.8) is 0 Å². The van der Waals surface area contributed by atoms with E-state index in [0.29, 0.717) is 54.5 Å². The highest BCUT2D eigenvalue weighted by atomic mass is 19.1. The number of carbonyl (C=O) groups excluding carboxylic acids is 4. The number of β-amino-alcohol motifs (C(OH)–C–C–N with tert-alkyl or cyclic N) is 1. The highest BCUT2D eigenvalue weighted by Crippen LogP contribution is 2.46. The smallest absolute Gasteiger partial charge is 0.245 e. The lowest BCUT2D eigenvalue weighted by Gasteiger charge is -2.38. The number of H-pyrrole nitrogens is 2. The second-order valence-corrected chi connectivity index (χ2v) is 16.8. The van der Waals surface area contributed by atoms with Crippen molar-refractivity contribution < 1.29 is 33.1 Å². The lowest BCUT2D eigenvalue weighted by Crippen LogP contribution is -2.56. The first-order valence-electron chi connectivity index (χ1n) is 21.1. The van der Waals surface area contributed by atoms with Crippen LogP contribution in [0.1, 0.15) is 77.3 Å². The van der Waals surface area contributed by atoms with Gasteiger partial charge in [0, 0.05) is 46.5 Å². The maximum Gasteiger partial charge on any atom is 0.245 e. The maximum atomic E-state index is 14.9. The summed E-state index contributed by atoms with van der Waals surface area (Å²) >= 11 is 0. The molecule has 0 spiro atoms. The highest BCUT2D eigenvalue weighted by molar-refractivity contribution is 5.97. The van der Waals surface area contributed by atoms with Crippen molar-refractivity contribution in [2.75, 3.05) is 20.6 Å². The quantitative estimate of drug-likeness (QED) is 0.0949. The molecule has 7 N–H and O–H groups in total. The van der Waals surface area contributed by atoms with E-state index in [1.807, 2.05) is 18.7 Å². The van der Waals surface area contributed by atoms with E-state index in [1.54, 1.807) is 45.0 Å². The molecule has 2 aromatic heterocycles. The van der Waals surface area contributed by atoms with Gasteiger partial charge in [-0.2, -0.15) is 0 Å². The summed E-state index contributed by atoms with van der Waals surface area (Å²) < 4.78 is 29.8. The molecule has 2 saturated heterocycles. The largest absolute Gasteiger partial charge is 0.391 e. The third kappa shape index (κ3) is 8.21. The topological polar surface area (TPSA) is 175 Å². The summed E-state index contributed by atoms with van der Waals surface area (Å²) in [6, 6.07) is 6.08. The molecule has 3 aliphatic rings. The van der Waals surface area contributed by atoms with E-state index >= 15 is 0 Å². The number of carbonyl (C=O) groups is 4. The standard InChI is InChI=1S/C44H58F2N8O5/c1-7-34(51-41(56)22(3)47-5)43(58)53-21-29(55)18-28(53)19-32-30-13-10-25(45)16-36(30)49-39(32)40-33(31-14-11-26(46)17-37(31)50-40)20-38-24-9-12-27(15-24)54(38)44(59)35(8-2)52-42(57)23(4)48-6/h10-11,13-14,16-17,22-24,27-29,34-35,38,47-50,55H,7-9,12,15,18-21H2,1-6H3,(H,51,56)(H,52,57)/t22-,23-,24-,27+,28-,29-,34-,35-,38+/m0/s1. The van der Waals surface area contributed by atoms with Gasteiger partial charge in [-0.3, -0.25) is 19.2 Å². The van der Waals surface area contributed by atoms with Gasteiger partial charge in [-0.25, -0.2) is 8.78 Å². The molecule has 4 amide bonds. The van der Waals surface area contributed by atoms with Gasteiger partial charge in [0.15, 0.2) is 0 Å². The summed E-state index contributed by atoms with van der Waals surface area (Å²) in [7, 11) is 3.37. The fourth-order valence-corrected chi connectivity index (χ4v) is 9.72. The molecular formula is C44H58F2N8O5. The van der Waals surface area contributed by atoms with Gasteiger partial charge in [0.05, 0.1) is 29.6 Å². The Morgan fingerprint density at radius 2 is 1.31 bits per heavy atom. The van der Waals surface area contributed by atoms with Crippen LogP contribution in [0.3, 0.4) is 0 Å². The van der Waals surface area contributed by atoms with Gasteiger partial charge in [-0.1, -0.05) is 13.8 Å². The summed E-state index contributed by atoms with van der Waals surface area (Å²) in [5, 5.41) is 24.2. The van der Waals surface area contributed by atoms with E-state index in [1.165, 1.54) is 24.3 Å². The fourth-order valence-electron chi connectivity index (χ4n) is 9.72. The number of amides is 4. The van der Waals surface area contributed by atoms with Crippen LogP contribution in [0.25, 0.3) is 33.2 Å². The molecule has 2 aliphatic heterocycles. The number of aromatic nitrogens is 2. The first-order valence-corrected chi connectivity index (χ1v) is 21.1. The zero-order valence-electron chi connectivity index (χ0n) is 34.8. The second-order valence-electron chi connectivity index (χ2n) is 16.8. The molecule has 2 aromatic carbocycles. The Kier molecular flexibility index (Phi) is 12.5. The SMILES string of the molecule is CC[C@H](NC(=O)[C@H](C)NC)C(=O)N1C[C@@H](O)C[C@H]1Cc1c(-c2[nH]c3cc(F)ccc3c2C[C@@H]2[C@H]3CC[C@H](C3)N2C(=O)[C@H](CC)NC(=O)[C@H](C)NC)[nH]c2cc(F)ccc12. The minimum atomic E-state index is -0.794. The van der Waals surface area contributed by atoms with Crippen molar-refractivity contribution in [3.05, 3.63) is 59.2 Å². The van der Waals surface area contributed by atoms with E-state index in [-0.39, 0.29) is 48.2 Å². The molecule has 7 rings (SSSR count). The van der Waals surface area contributed by atoms with E-state index in [4.69, 9.17) is 0 Å². The van der Waals surface area contributed by atoms with Crippen LogP contribution >= 0.6 is 0 Å². The molecule has 59 heavy (non-hydrogen) atoms. The van der Waals surface area contributed by atoms with E-state index < -0.39 is 47.9 Å². The summed E-state index contributed by atoms with van der Waals surface area (Å²) in [6.07, 6.45) is 3.75. The molecule has 4 heterocycles. The molecule has 318 valence electrons. The Labute approximate surface area is 343 Å². The Bertz CT molecular complexity index is 2220. The van der Waals surface area contributed by atoms with Crippen molar-refractivity contribution in [3.8, 4) is 11.4 Å². The van der Waals surface area contributed by atoms with Crippen molar-refractivity contribution in [2.45, 2.75) is 127 Å². The molecule has 1 aliphatic carbocycles. The monoisotopic (exact) mass is 816 g/mol. The Morgan fingerprint density at radius 3 is 1.83 bits per heavy atom. The molecule has 1 saturated carbocycles. The molecule has 15 heteroatoms. The van der Waals surface area contributed by atoms with Crippen LogP contribution in [0.5, 0.6) is 0 Å². The average Bonchev–Trinajstić information content (AvgIpc) is 4.06. The third-order valence-electron chi connectivity index (χ3n) is 13.2. The van der Waals surface area contributed by atoms with Crippen molar-refractivity contribution in [2.24, 2.45) is 5.92 Å². The lowest BCUT2D eigenvalue weighted by molar-refractivity contribution is -0.140. The van der Waals surface area contributed by atoms with Crippen LogP contribution in [0, 0.1) is 17.6 Å². The zero-order chi connectivity index (χ0) is 42.3. The fraction of sp³-hybridized carbons (Fsp3) is 0.545. The number of aliphatic hydroxyl groups is 1. The molecule has 9 atom stereocenters. The molecule has 0 radical (unpaired) electrons. The number of likely N-dealkylation sites (N-methyl/N-ethyl adjacent to an activating group) is 2. The summed E-state index contributed by atoms with van der Waals surface area (Å²) in [6.45, 7) is 7.28. The van der Waals surface area contributed by atoms with Crippen molar-refractivity contribution in [1.82, 2.24) is 41.0 Å². The average molecular weight is 817 g/mol. The summed E-state index contributed by atoms with van der Waals surface area (Å²) in [4.78, 5) is 64.9. The highest BCUT2D eigenvalue weighted by Gasteiger charge is 2.49. The van der Waals surface area contributed by atoms with E-state index in [9.17, 15) is 33.1 Å². The van der Waals surface area contributed by atoms with Crippen LogP contribution in [0.4, 0.5) is 8.78 Å². The van der Waals surface area contributed by atoms with Crippen LogP contribution in [-0.4, -0.2) is 118 Å². The molecule has 3 fully saturated rings. The van der Waals surface area contributed by atoms with Crippen LogP contribution < -0.4 is 21.3 Å². The van der Waals surface area contributed by atoms with Crippen LogP contribution in [-0.2, 0) is 32.0 Å². The first-order chi connectivity index (χ1) is 28.3. The minimum Gasteiger partial charge on any atom is -0.391 e. The van der Waals surface area contributed by atoms with Crippen LogP contribution in [0.2, 0.25) is 0 Å². The van der Waals surface area contributed by atoms with Crippen LogP contribution in [0.15, 0.2) is 36.4 Å². The number of rotatable bonds is 15. The third-order valence-corrected chi connectivity index (χ3v) is 13.2. The molecular weight excluding hydrogens is 759 g/mol. The number of hydrogen-bond donors (Lipinski definition) is 7. The molecule has 2 bridgehead atoms. The lowest BCUT2D eigenvalue weighted by atomic mass is 9.89. The minimum absolute atomic E-state index is 0.0402. The molecule has 4 aromatic rings. The first kappa shape index (κ1) is 42.3. The second kappa shape index (κ2) is 17.4. The number of benzene rings is 2. The Balaban J connectivity index is 1.28. The predicted molar refractivity (Wildman–Crippen MR) is 222 cm³/mol. The van der Waals surface area contributed by atoms with Gasteiger partial charge in [0.25, 0.3) is 0 Å². The number of piperidine rings is 1. The van der Waals surface area contributed by atoms with Gasteiger partial charge in [0.2, 0.25) is 23.6 Å². The van der Waals surface area contributed by atoms with E-state index in [0.717, 1.165) is 41.2 Å². The van der Waals surface area contributed by atoms with E-state index in [2.05, 4.69) is 31.2 Å². The van der Waals surface area contributed by atoms with Gasteiger partial charge in [-0.15, -0.1) is 0 Å².